The van der Waals surface area contributed by atoms with Crippen LogP contribution in [-0.2, 0) is 6.18 Å². The molecule has 1 atom stereocenters. The van der Waals surface area contributed by atoms with E-state index in [1.807, 2.05) is 6.92 Å². The monoisotopic (exact) mass is 287 g/mol. The number of benzene rings is 1. The minimum atomic E-state index is -4.28. The van der Waals surface area contributed by atoms with Crippen molar-refractivity contribution in [3.8, 4) is 0 Å². The SMILES string of the molecule is CCNC(CCC(C)(C)C)c1cccc(C(F)(F)F)c1. The fourth-order valence-electron chi connectivity index (χ4n) is 2.14. The highest BCUT2D eigenvalue weighted by molar-refractivity contribution is 5.28. The lowest BCUT2D eigenvalue weighted by molar-refractivity contribution is -0.137. The molecule has 0 saturated carbocycles. The second kappa shape index (κ2) is 6.61. The van der Waals surface area contributed by atoms with Gasteiger partial charge in [-0.2, -0.15) is 13.2 Å². The Morgan fingerprint density at radius 3 is 2.30 bits per heavy atom. The molecule has 1 unspecified atom stereocenters. The summed E-state index contributed by atoms with van der Waals surface area (Å²) in [6.07, 6.45) is -2.49. The Bertz CT molecular complexity index is 418. The summed E-state index contributed by atoms with van der Waals surface area (Å²) in [5, 5.41) is 3.28. The van der Waals surface area contributed by atoms with Crippen molar-refractivity contribution in [1.29, 1.82) is 0 Å². The normalized spacial score (nSPS) is 14.3. The van der Waals surface area contributed by atoms with Crippen LogP contribution in [0.15, 0.2) is 24.3 Å². The van der Waals surface area contributed by atoms with E-state index in [-0.39, 0.29) is 11.5 Å². The molecule has 0 aliphatic carbocycles. The first kappa shape index (κ1) is 17.0. The van der Waals surface area contributed by atoms with Gasteiger partial charge in [-0.1, -0.05) is 39.8 Å². The predicted octanol–water partition coefficient (Wildman–Crippen LogP) is 5.18. The van der Waals surface area contributed by atoms with Gasteiger partial charge >= 0.3 is 6.18 Å². The third-order valence-electron chi connectivity index (χ3n) is 3.25. The highest BCUT2D eigenvalue weighted by Gasteiger charge is 2.31. The third kappa shape index (κ3) is 5.53. The minimum absolute atomic E-state index is 0.0264. The van der Waals surface area contributed by atoms with Crippen LogP contribution in [0.2, 0.25) is 0 Å². The molecule has 0 amide bonds. The first-order chi connectivity index (χ1) is 9.13. The summed E-state index contributed by atoms with van der Waals surface area (Å²) in [7, 11) is 0. The summed E-state index contributed by atoms with van der Waals surface area (Å²) in [4.78, 5) is 0. The van der Waals surface area contributed by atoms with Crippen LogP contribution in [-0.4, -0.2) is 6.54 Å². The Morgan fingerprint density at radius 2 is 1.80 bits per heavy atom. The van der Waals surface area contributed by atoms with Crippen LogP contribution in [0.1, 0.15) is 57.7 Å². The van der Waals surface area contributed by atoms with Crippen LogP contribution >= 0.6 is 0 Å². The van der Waals surface area contributed by atoms with Gasteiger partial charge < -0.3 is 5.32 Å². The number of hydrogen-bond donors (Lipinski definition) is 1. The second-order valence-electron chi connectivity index (χ2n) is 6.33. The van der Waals surface area contributed by atoms with E-state index < -0.39 is 11.7 Å². The molecule has 1 aromatic carbocycles. The van der Waals surface area contributed by atoms with Gasteiger partial charge in [0.1, 0.15) is 0 Å². The van der Waals surface area contributed by atoms with Gasteiger partial charge in [0.25, 0.3) is 0 Å². The first-order valence-corrected chi connectivity index (χ1v) is 7.04. The van der Waals surface area contributed by atoms with Crippen molar-refractivity contribution in [3.63, 3.8) is 0 Å². The summed E-state index contributed by atoms with van der Waals surface area (Å²) in [5.41, 5.74) is 0.314. The molecule has 4 heteroatoms. The van der Waals surface area contributed by atoms with E-state index in [1.54, 1.807) is 6.07 Å². The summed E-state index contributed by atoms with van der Waals surface area (Å²) in [6.45, 7) is 9.13. The Kier molecular flexibility index (Phi) is 5.63. The van der Waals surface area contributed by atoms with Gasteiger partial charge in [-0.15, -0.1) is 0 Å². The molecule has 0 aliphatic rings. The van der Waals surface area contributed by atoms with Gasteiger partial charge in [-0.05, 0) is 42.5 Å². The molecule has 1 rings (SSSR count). The van der Waals surface area contributed by atoms with Crippen LogP contribution in [0.4, 0.5) is 13.2 Å². The quantitative estimate of drug-likeness (QED) is 0.786. The van der Waals surface area contributed by atoms with Gasteiger partial charge in [0.15, 0.2) is 0 Å². The summed E-state index contributed by atoms with van der Waals surface area (Å²) in [6, 6.07) is 5.61. The standard InChI is InChI=1S/C16H24F3N/c1-5-20-14(9-10-15(2,3)4)12-7-6-8-13(11-12)16(17,18)19/h6-8,11,14,20H,5,9-10H2,1-4H3. The van der Waals surface area contributed by atoms with E-state index in [2.05, 4.69) is 26.1 Å². The predicted molar refractivity (Wildman–Crippen MR) is 76.6 cm³/mol. The lowest BCUT2D eigenvalue weighted by atomic mass is 9.87. The van der Waals surface area contributed by atoms with Crippen molar-refractivity contribution >= 4 is 0 Å². The van der Waals surface area contributed by atoms with Crippen LogP contribution in [0.25, 0.3) is 0 Å². The van der Waals surface area contributed by atoms with E-state index in [4.69, 9.17) is 0 Å². The Balaban J connectivity index is 2.91. The van der Waals surface area contributed by atoms with Gasteiger partial charge in [0.2, 0.25) is 0 Å². The van der Waals surface area contributed by atoms with Crippen molar-refractivity contribution in [2.75, 3.05) is 6.54 Å². The van der Waals surface area contributed by atoms with Crippen LogP contribution in [0, 0.1) is 5.41 Å². The molecule has 1 aromatic rings. The zero-order valence-corrected chi connectivity index (χ0v) is 12.6. The minimum Gasteiger partial charge on any atom is -0.310 e. The molecular weight excluding hydrogens is 263 g/mol. The van der Waals surface area contributed by atoms with Crippen molar-refractivity contribution in [1.82, 2.24) is 5.32 Å². The van der Waals surface area contributed by atoms with Crippen molar-refractivity contribution in [3.05, 3.63) is 35.4 Å². The molecular formula is C16H24F3N. The first-order valence-electron chi connectivity index (χ1n) is 7.04. The lowest BCUT2D eigenvalue weighted by Gasteiger charge is -2.24. The fraction of sp³-hybridized carbons (Fsp3) is 0.625. The molecule has 0 spiro atoms. The highest BCUT2D eigenvalue weighted by Crippen LogP contribution is 2.32. The molecule has 0 radical (unpaired) electrons. The highest BCUT2D eigenvalue weighted by atomic mass is 19.4. The average molecular weight is 287 g/mol. The Hall–Kier alpha value is -1.03. The molecule has 20 heavy (non-hydrogen) atoms. The smallest absolute Gasteiger partial charge is 0.310 e. The van der Waals surface area contributed by atoms with E-state index in [9.17, 15) is 13.2 Å². The van der Waals surface area contributed by atoms with E-state index >= 15 is 0 Å². The Morgan fingerprint density at radius 1 is 1.15 bits per heavy atom. The Labute approximate surface area is 119 Å². The maximum atomic E-state index is 12.8. The maximum Gasteiger partial charge on any atom is 0.416 e. The van der Waals surface area contributed by atoms with E-state index in [1.165, 1.54) is 12.1 Å². The van der Waals surface area contributed by atoms with E-state index in [0.29, 0.717) is 5.56 Å². The second-order valence-corrected chi connectivity index (χ2v) is 6.33. The van der Waals surface area contributed by atoms with Crippen molar-refractivity contribution < 1.29 is 13.2 Å². The zero-order valence-electron chi connectivity index (χ0n) is 12.6. The van der Waals surface area contributed by atoms with E-state index in [0.717, 1.165) is 25.5 Å². The number of alkyl halides is 3. The number of hydrogen-bond acceptors (Lipinski definition) is 1. The lowest BCUT2D eigenvalue weighted by Crippen LogP contribution is -2.23. The summed E-state index contributed by atoms with van der Waals surface area (Å²) < 4.78 is 38.3. The molecule has 1 N–H and O–H groups in total. The molecule has 114 valence electrons. The maximum absolute atomic E-state index is 12.8. The van der Waals surface area contributed by atoms with Gasteiger partial charge in [0.05, 0.1) is 5.56 Å². The molecule has 1 nitrogen and oxygen atoms in total. The molecule has 0 fully saturated rings. The molecule has 0 bridgehead atoms. The number of halogens is 3. The van der Waals surface area contributed by atoms with Crippen LogP contribution in [0.3, 0.4) is 0 Å². The van der Waals surface area contributed by atoms with Gasteiger partial charge in [-0.3, -0.25) is 0 Å². The van der Waals surface area contributed by atoms with Crippen molar-refractivity contribution in [2.24, 2.45) is 5.41 Å². The summed E-state index contributed by atoms with van der Waals surface area (Å²) in [5.74, 6) is 0. The molecule has 0 aliphatic heterocycles. The van der Waals surface area contributed by atoms with Crippen LogP contribution < -0.4 is 5.32 Å². The third-order valence-corrected chi connectivity index (χ3v) is 3.25. The number of nitrogens with one attached hydrogen (secondary N) is 1. The van der Waals surface area contributed by atoms with Gasteiger partial charge in [0, 0.05) is 6.04 Å². The van der Waals surface area contributed by atoms with Crippen LogP contribution in [0.5, 0.6) is 0 Å². The molecule has 0 heterocycles. The largest absolute Gasteiger partial charge is 0.416 e. The fourth-order valence-corrected chi connectivity index (χ4v) is 2.14. The zero-order chi connectivity index (χ0) is 15.4. The number of rotatable bonds is 5. The molecule has 0 saturated heterocycles. The molecule has 0 aromatic heterocycles. The topological polar surface area (TPSA) is 12.0 Å². The summed E-state index contributed by atoms with van der Waals surface area (Å²) >= 11 is 0. The average Bonchev–Trinajstić information content (AvgIpc) is 2.32. The van der Waals surface area contributed by atoms with Gasteiger partial charge in [-0.25, -0.2) is 0 Å². The van der Waals surface area contributed by atoms with Crippen molar-refractivity contribution in [2.45, 2.75) is 52.8 Å².